The largest absolute Gasteiger partial charge is 0.392 e. The van der Waals surface area contributed by atoms with Crippen molar-refractivity contribution in [2.24, 2.45) is 0 Å². The molecule has 1 fully saturated rings. The molecule has 1 atom stereocenters. The van der Waals surface area contributed by atoms with Gasteiger partial charge in [-0.1, -0.05) is 19.3 Å². The third-order valence-electron chi connectivity index (χ3n) is 5.24. The molecule has 0 unspecified atom stereocenters. The van der Waals surface area contributed by atoms with E-state index in [0.29, 0.717) is 24.9 Å². The van der Waals surface area contributed by atoms with Gasteiger partial charge in [-0.05, 0) is 86.9 Å². The zero-order valence-corrected chi connectivity index (χ0v) is 18.9. The Kier molecular flexibility index (Phi) is 7.47. The highest BCUT2D eigenvalue weighted by Gasteiger charge is 2.36. The Morgan fingerprint density at radius 2 is 1.74 bits per heavy atom. The lowest BCUT2D eigenvalue weighted by atomic mass is 9.77. The molecular weight excluding hydrogens is 500 g/mol. The van der Waals surface area contributed by atoms with Crippen LogP contribution in [0.2, 0.25) is 0 Å². The molecule has 2 nitrogen and oxygen atoms in total. The molecule has 2 N–H and O–H groups in total. The van der Waals surface area contributed by atoms with Crippen molar-refractivity contribution in [2.75, 3.05) is 6.54 Å². The van der Waals surface area contributed by atoms with E-state index in [1.54, 1.807) is 11.3 Å². The van der Waals surface area contributed by atoms with Crippen molar-refractivity contribution < 1.29 is 13.9 Å². The predicted octanol–water partition coefficient (Wildman–Crippen LogP) is 6.29. The number of hydrogen-bond acceptors (Lipinski definition) is 3. The van der Waals surface area contributed by atoms with Crippen molar-refractivity contribution in [1.29, 1.82) is 0 Å². The van der Waals surface area contributed by atoms with Gasteiger partial charge >= 0.3 is 0 Å². The van der Waals surface area contributed by atoms with Crippen LogP contribution in [0.1, 0.15) is 49.7 Å². The second-order valence-electron chi connectivity index (χ2n) is 7.23. The molecule has 2 aromatic rings. The van der Waals surface area contributed by atoms with E-state index in [2.05, 4.69) is 43.2 Å². The number of aliphatic hydroxyl groups excluding tert-OH is 1. The summed E-state index contributed by atoms with van der Waals surface area (Å²) in [5, 5.41) is 14.1. The van der Waals surface area contributed by atoms with Crippen LogP contribution in [0.15, 0.2) is 31.8 Å². The average Bonchev–Trinajstić information content (AvgIpc) is 2.97. The van der Waals surface area contributed by atoms with E-state index >= 15 is 0 Å². The van der Waals surface area contributed by atoms with Crippen molar-refractivity contribution in [3.8, 4) is 0 Å². The van der Waals surface area contributed by atoms with Gasteiger partial charge in [0.05, 0.1) is 13.7 Å². The fourth-order valence-corrected chi connectivity index (χ4v) is 6.96. The Bertz CT molecular complexity index is 757. The highest BCUT2D eigenvalue weighted by Crippen LogP contribution is 2.44. The first-order valence-corrected chi connectivity index (χ1v) is 11.6. The lowest BCUT2D eigenvalue weighted by molar-refractivity contribution is 0.131. The Balaban J connectivity index is 1.62. The summed E-state index contributed by atoms with van der Waals surface area (Å²) in [6.07, 6.45) is 5.96. The summed E-state index contributed by atoms with van der Waals surface area (Å²) >= 11 is 8.92. The van der Waals surface area contributed by atoms with E-state index in [1.807, 2.05) is 0 Å². The maximum Gasteiger partial charge on any atom is 0.126 e. The molecule has 27 heavy (non-hydrogen) atoms. The zero-order valence-electron chi connectivity index (χ0n) is 14.9. The third kappa shape index (κ3) is 5.60. The first-order valence-electron chi connectivity index (χ1n) is 9.21. The van der Waals surface area contributed by atoms with Crippen molar-refractivity contribution in [1.82, 2.24) is 5.32 Å². The maximum absolute atomic E-state index is 13.3. The Hall–Kier alpha value is -0.340. The third-order valence-corrected chi connectivity index (χ3v) is 7.58. The fourth-order valence-electron chi connectivity index (χ4n) is 3.87. The van der Waals surface area contributed by atoms with E-state index in [-0.39, 0.29) is 5.54 Å². The van der Waals surface area contributed by atoms with Crippen LogP contribution in [0.4, 0.5) is 8.78 Å². The van der Waals surface area contributed by atoms with Gasteiger partial charge in [-0.15, -0.1) is 11.3 Å². The predicted molar refractivity (Wildman–Crippen MR) is 113 cm³/mol. The minimum Gasteiger partial charge on any atom is -0.392 e. The van der Waals surface area contributed by atoms with Crippen molar-refractivity contribution in [3.63, 3.8) is 0 Å². The average molecular weight is 523 g/mol. The standard InChI is InChI=1S/C20H23Br2F2NOS/c21-18-11-17(19(22)27-18)20(6-2-1-3-7-20)25-12-16(26)5-4-13-8-14(23)10-15(24)9-13/h8-11,16,25-26H,1-7,12H2/t16-/m0/s1. The van der Waals surface area contributed by atoms with E-state index in [9.17, 15) is 13.9 Å². The van der Waals surface area contributed by atoms with Gasteiger partial charge in [0.15, 0.2) is 0 Å². The summed E-state index contributed by atoms with van der Waals surface area (Å²) in [5.74, 6) is -1.15. The number of benzene rings is 1. The van der Waals surface area contributed by atoms with Gasteiger partial charge in [-0.3, -0.25) is 0 Å². The minimum atomic E-state index is -0.577. The molecule has 0 aliphatic heterocycles. The van der Waals surface area contributed by atoms with E-state index in [4.69, 9.17) is 0 Å². The summed E-state index contributed by atoms with van der Waals surface area (Å²) in [5.41, 5.74) is 1.69. The van der Waals surface area contributed by atoms with Gasteiger partial charge in [0.1, 0.15) is 11.6 Å². The van der Waals surface area contributed by atoms with Crippen LogP contribution < -0.4 is 5.32 Å². The van der Waals surface area contributed by atoms with Crippen molar-refractivity contribution >= 4 is 43.2 Å². The number of hydrogen-bond donors (Lipinski definition) is 2. The molecule has 1 aromatic carbocycles. The molecule has 0 saturated heterocycles. The highest BCUT2D eigenvalue weighted by molar-refractivity contribution is 9.12. The number of nitrogens with one attached hydrogen (secondary N) is 1. The molecule has 1 aromatic heterocycles. The Morgan fingerprint density at radius 3 is 2.33 bits per heavy atom. The van der Waals surface area contributed by atoms with Crippen LogP contribution in [0, 0.1) is 11.6 Å². The molecule has 3 rings (SSSR count). The maximum atomic E-state index is 13.3. The van der Waals surface area contributed by atoms with Gasteiger partial charge in [0.25, 0.3) is 0 Å². The first kappa shape index (κ1) is 21.4. The molecule has 1 aliphatic carbocycles. The second-order valence-corrected chi connectivity index (χ2v) is 11.0. The van der Waals surface area contributed by atoms with Crippen molar-refractivity contribution in [3.05, 3.63) is 54.6 Å². The summed E-state index contributed by atoms with van der Waals surface area (Å²) in [6, 6.07) is 5.68. The number of thiophene rings is 1. The molecule has 0 radical (unpaired) electrons. The molecule has 7 heteroatoms. The smallest absolute Gasteiger partial charge is 0.126 e. The van der Waals surface area contributed by atoms with E-state index < -0.39 is 17.7 Å². The van der Waals surface area contributed by atoms with Gasteiger partial charge in [-0.2, -0.15) is 0 Å². The lowest BCUT2D eigenvalue weighted by Crippen LogP contribution is -2.47. The van der Waals surface area contributed by atoms with Crippen molar-refractivity contribution in [2.45, 2.75) is 56.6 Å². The number of halogens is 4. The molecule has 0 amide bonds. The molecule has 1 aliphatic rings. The van der Waals surface area contributed by atoms with E-state index in [1.165, 1.54) is 24.1 Å². The molecule has 1 heterocycles. The lowest BCUT2D eigenvalue weighted by Gasteiger charge is -2.39. The molecule has 148 valence electrons. The molecular formula is C20H23Br2F2NOS. The normalized spacial score (nSPS) is 17.8. The Labute approximate surface area is 179 Å². The zero-order chi connectivity index (χ0) is 19.4. The summed E-state index contributed by atoms with van der Waals surface area (Å²) in [4.78, 5) is 0. The quantitative estimate of drug-likeness (QED) is 0.447. The summed E-state index contributed by atoms with van der Waals surface area (Å²) < 4.78 is 28.8. The second kappa shape index (κ2) is 9.44. The number of aryl methyl sites for hydroxylation is 1. The van der Waals surface area contributed by atoms with Crippen LogP contribution in [-0.2, 0) is 12.0 Å². The number of aliphatic hydroxyl groups is 1. The van der Waals surface area contributed by atoms with Gasteiger partial charge in [0.2, 0.25) is 0 Å². The van der Waals surface area contributed by atoms with Gasteiger partial charge in [0, 0.05) is 18.2 Å². The monoisotopic (exact) mass is 521 g/mol. The SMILES string of the molecule is O[C@@H](CCc1cc(F)cc(F)c1)CNC1(c2cc(Br)sc2Br)CCCCC1. The van der Waals surface area contributed by atoms with Gasteiger partial charge < -0.3 is 10.4 Å². The van der Waals surface area contributed by atoms with E-state index in [0.717, 1.165) is 39.3 Å². The van der Waals surface area contributed by atoms with Crippen LogP contribution in [-0.4, -0.2) is 17.8 Å². The molecule has 0 bridgehead atoms. The van der Waals surface area contributed by atoms with Gasteiger partial charge in [-0.25, -0.2) is 8.78 Å². The van der Waals surface area contributed by atoms with Crippen LogP contribution in [0.25, 0.3) is 0 Å². The first-order chi connectivity index (χ1) is 12.9. The summed E-state index contributed by atoms with van der Waals surface area (Å²) in [7, 11) is 0. The molecule has 1 saturated carbocycles. The topological polar surface area (TPSA) is 32.3 Å². The highest BCUT2D eigenvalue weighted by atomic mass is 79.9. The molecule has 0 spiro atoms. The van der Waals surface area contributed by atoms with Crippen LogP contribution in [0.3, 0.4) is 0 Å². The van der Waals surface area contributed by atoms with Crippen LogP contribution in [0.5, 0.6) is 0 Å². The fraction of sp³-hybridized carbons (Fsp3) is 0.500. The number of rotatable bonds is 7. The Morgan fingerprint density at radius 1 is 1.07 bits per heavy atom. The summed E-state index contributed by atoms with van der Waals surface area (Å²) in [6.45, 7) is 0.456. The minimum absolute atomic E-state index is 0.133. The van der Waals surface area contributed by atoms with Crippen LogP contribution >= 0.6 is 43.2 Å².